The van der Waals surface area contributed by atoms with Gasteiger partial charge in [0.25, 0.3) is 0 Å². The Labute approximate surface area is 166 Å². The van der Waals surface area contributed by atoms with E-state index in [9.17, 15) is 14.4 Å². The minimum atomic E-state index is -0.624. The monoisotopic (exact) mass is 393 g/mol. The molecule has 29 heavy (non-hydrogen) atoms. The fourth-order valence-electron chi connectivity index (χ4n) is 2.62. The highest BCUT2D eigenvalue weighted by atomic mass is 16.5. The van der Waals surface area contributed by atoms with Crippen molar-refractivity contribution in [1.29, 1.82) is 0 Å². The summed E-state index contributed by atoms with van der Waals surface area (Å²) in [7, 11) is 1.51. The predicted octanol–water partition coefficient (Wildman–Crippen LogP) is 2.67. The van der Waals surface area contributed by atoms with Crippen molar-refractivity contribution in [3.05, 3.63) is 82.2 Å². The molecule has 7 nitrogen and oxygen atoms in total. The Morgan fingerprint density at radius 1 is 1.10 bits per heavy atom. The Kier molecular flexibility index (Phi) is 6.42. The zero-order chi connectivity index (χ0) is 20.6. The third-order valence-electron chi connectivity index (χ3n) is 4.06. The van der Waals surface area contributed by atoms with Crippen molar-refractivity contribution in [1.82, 2.24) is 5.32 Å². The van der Waals surface area contributed by atoms with Gasteiger partial charge in [-0.3, -0.25) is 9.59 Å². The van der Waals surface area contributed by atoms with Crippen LogP contribution in [0.1, 0.15) is 11.1 Å². The number of amides is 1. The Bertz CT molecular complexity index is 1100. The normalized spacial score (nSPS) is 10.8. The number of nitrogens with one attached hydrogen (secondary N) is 1. The standard InChI is InChI=1S/C22H19NO6/c1-27-17-8-9-18-16(11-21(25)29-19(18)12-17)14-28-22(26)13-23-20(24)10-7-15-5-3-2-4-6-15/h2-12H,13-14H2,1H3,(H,23,24)/b10-7+. The quantitative estimate of drug-likeness (QED) is 0.377. The lowest BCUT2D eigenvalue weighted by molar-refractivity contribution is -0.144. The van der Waals surface area contributed by atoms with E-state index in [1.54, 1.807) is 24.3 Å². The van der Waals surface area contributed by atoms with Gasteiger partial charge >= 0.3 is 11.6 Å². The summed E-state index contributed by atoms with van der Waals surface area (Å²) in [6, 6.07) is 15.6. The van der Waals surface area contributed by atoms with Crippen LogP contribution in [0, 0.1) is 0 Å². The number of ether oxygens (including phenoxy) is 2. The first-order valence-electron chi connectivity index (χ1n) is 8.82. The van der Waals surface area contributed by atoms with Crippen molar-refractivity contribution in [2.45, 2.75) is 6.61 Å². The number of methoxy groups -OCH3 is 1. The lowest BCUT2D eigenvalue weighted by atomic mass is 10.1. The van der Waals surface area contributed by atoms with E-state index < -0.39 is 17.5 Å². The molecule has 0 bridgehead atoms. The van der Waals surface area contributed by atoms with Crippen molar-refractivity contribution in [2.24, 2.45) is 0 Å². The van der Waals surface area contributed by atoms with Gasteiger partial charge in [0.15, 0.2) is 0 Å². The van der Waals surface area contributed by atoms with Gasteiger partial charge in [0, 0.05) is 29.2 Å². The molecule has 3 rings (SSSR count). The Balaban J connectivity index is 1.56. The van der Waals surface area contributed by atoms with Crippen LogP contribution in [0.4, 0.5) is 0 Å². The fourth-order valence-corrected chi connectivity index (χ4v) is 2.62. The average molecular weight is 393 g/mol. The minimum Gasteiger partial charge on any atom is -0.497 e. The van der Waals surface area contributed by atoms with Gasteiger partial charge in [-0.15, -0.1) is 0 Å². The van der Waals surface area contributed by atoms with Gasteiger partial charge in [-0.2, -0.15) is 0 Å². The SMILES string of the molecule is COc1ccc2c(COC(=O)CNC(=O)/C=C/c3ccccc3)cc(=O)oc2c1. The molecule has 148 valence electrons. The van der Waals surface area contributed by atoms with Gasteiger partial charge in [0.2, 0.25) is 5.91 Å². The first-order chi connectivity index (χ1) is 14.0. The van der Waals surface area contributed by atoms with Crippen LogP contribution < -0.4 is 15.7 Å². The molecular formula is C22H19NO6. The molecule has 0 radical (unpaired) electrons. The van der Waals surface area contributed by atoms with E-state index in [0.29, 0.717) is 22.3 Å². The molecule has 0 saturated heterocycles. The van der Waals surface area contributed by atoms with Gasteiger partial charge in [-0.1, -0.05) is 30.3 Å². The van der Waals surface area contributed by atoms with E-state index >= 15 is 0 Å². The summed E-state index contributed by atoms with van der Waals surface area (Å²) in [5, 5.41) is 3.09. The van der Waals surface area contributed by atoms with Crippen LogP contribution in [0.3, 0.4) is 0 Å². The number of hydrogen-bond acceptors (Lipinski definition) is 6. The molecule has 0 aliphatic rings. The van der Waals surface area contributed by atoms with Crippen molar-refractivity contribution in [2.75, 3.05) is 13.7 Å². The van der Waals surface area contributed by atoms with Gasteiger partial charge in [0.05, 0.1) is 7.11 Å². The smallest absolute Gasteiger partial charge is 0.336 e. The first-order valence-corrected chi connectivity index (χ1v) is 8.82. The number of hydrogen-bond donors (Lipinski definition) is 1. The second kappa shape index (κ2) is 9.36. The molecule has 1 amide bonds. The number of fused-ring (bicyclic) bond motifs is 1. The maximum atomic E-state index is 11.9. The lowest BCUT2D eigenvalue weighted by Gasteiger charge is -2.08. The van der Waals surface area contributed by atoms with Crippen LogP contribution in [-0.2, 0) is 20.9 Å². The molecule has 0 spiro atoms. The minimum absolute atomic E-state index is 0.122. The zero-order valence-electron chi connectivity index (χ0n) is 15.7. The Morgan fingerprint density at radius 3 is 2.66 bits per heavy atom. The van der Waals surface area contributed by atoms with E-state index in [1.165, 1.54) is 19.3 Å². The summed E-state index contributed by atoms with van der Waals surface area (Å²) < 4.78 is 15.4. The van der Waals surface area contributed by atoms with E-state index in [0.717, 1.165) is 5.56 Å². The van der Waals surface area contributed by atoms with Crippen LogP contribution in [0.15, 0.2) is 69.9 Å². The van der Waals surface area contributed by atoms with E-state index in [2.05, 4.69) is 5.32 Å². The van der Waals surface area contributed by atoms with E-state index in [1.807, 2.05) is 30.3 Å². The molecule has 1 heterocycles. The third-order valence-corrected chi connectivity index (χ3v) is 4.06. The summed E-state index contributed by atoms with van der Waals surface area (Å²) in [4.78, 5) is 35.5. The van der Waals surface area contributed by atoms with Gasteiger partial charge in [-0.05, 0) is 23.8 Å². The largest absolute Gasteiger partial charge is 0.497 e. The number of esters is 1. The average Bonchev–Trinajstić information content (AvgIpc) is 2.74. The lowest BCUT2D eigenvalue weighted by Crippen LogP contribution is -2.29. The summed E-state index contributed by atoms with van der Waals surface area (Å²) in [6.45, 7) is -0.409. The third kappa shape index (κ3) is 5.55. The molecule has 7 heteroatoms. The summed E-state index contributed by atoms with van der Waals surface area (Å²) in [5.74, 6) is -0.494. The summed E-state index contributed by atoms with van der Waals surface area (Å²) >= 11 is 0. The number of carbonyl (C=O) groups is 2. The maximum Gasteiger partial charge on any atom is 0.336 e. The van der Waals surface area contributed by atoms with Crippen LogP contribution >= 0.6 is 0 Å². The fraction of sp³-hybridized carbons (Fsp3) is 0.136. The molecule has 2 aromatic carbocycles. The van der Waals surface area contributed by atoms with Gasteiger partial charge in [-0.25, -0.2) is 4.79 Å². The molecule has 0 aliphatic carbocycles. The highest BCUT2D eigenvalue weighted by molar-refractivity contribution is 5.93. The maximum absolute atomic E-state index is 11.9. The Hall–Kier alpha value is -3.87. The number of carbonyl (C=O) groups excluding carboxylic acids is 2. The van der Waals surface area contributed by atoms with Gasteiger partial charge in [0.1, 0.15) is 24.5 Å². The first kappa shape index (κ1) is 19.9. The van der Waals surface area contributed by atoms with Crippen LogP contribution in [0.2, 0.25) is 0 Å². The molecule has 0 aliphatic heterocycles. The molecule has 1 N–H and O–H groups in total. The van der Waals surface area contributed by atoms with Crippen LogP contribution in [0.25, 0.3) is 17.0 Å². The molecule has 0 fully saturated rings. The summed E-state index contributed by atoms with van der Waals surface area (Å²) in [5.41, 5.74) is 1.15. The molecule has 3 aromatic rings. The van der Waals surface area contributed by atoms with Crippen LogP contribution in [-0.4, -0.2) is 25.5 Å². The van der Waals surface area contributed by atoms with Crippen molar-refractivity contribution in [3.8, 4) is 5.75 Å². The molecule has 0 atom stereocenters. The highest BCUT2D eigenvalue weighted by Crippen LogP contribution is 2.22. The molecule has 0 saturated carbocycles. The van der Waals surface area contributed by atoms with Crippen molar-refractivity contribution < 1.29 is 23.5 Å². The molecule has 1 aromatic heterocycles. The van der Waals surface area contributed by atoms with Crippen molar-refractivity contribution >= 4 is 28.9 Å². The second-order valence-corrected chi connectivity index (χ2v) is 6.08. The van der Waals surface area contributed by atoms with Crippen molar-refractivity contribution in [3.63, 3.8) is 0 Å². The van der Waals surface area contributed by atoms with Gasteiger partial charge < -0.3 is 19.2 Å². The van der Waals surface area contributed by atoms with E-state index in [4.69, 9.17) is 13.9 Å². The molecule has 0 unspecified atom stereocenters. The highest BCUT2D eigenvalue weighted by Gasteiger charge is 2.10. The van der Waals surface area contributed by atoms with E-state index in [-0.39, 0.29) is 13.2 Å². The second-order valence-electron chi connectivity index (χ2n) is 6.08. The van der Waals surface area contributed by atoms with Crippen LogP contribution in [0.5, 0.6) is 5.75 Å². The number of rotatable bonds is 7. The number of benzene rings is 2. The topological polar surface area (TPSA) is 94.8 Å². The predicted molar refractivity (Wildman–Crippen MR) is 107 cm³/mol. The zero-order valence-corrected chi connectivity index (χ0v) is 15.7. The molecular weight excluding hydrogens is 374 g/mol. The summed E-state index contributed by atoms with van der Waals surface area (Å²) in [6.07, 6.45) is 2.98. The Morgan fingerprint density at radius 2 is 1.90 bits per heavy atom.